The van der Waals surface area contributed by atoms with E-state index in [0.717, 1.165) is 65.0 Å². The highest BCUT2D eigenvalue weighted by atomic mass is 32.1. The van der Waals surface area contributed by atoms with Crippen LogP contribution in [0.1, 0.15) is 5.01 Å². The molecule has 49 heavy (non-hydrogen) atoms. The third-order valence-electron chi connectivity index (χ3n) is 8.45. The van der Waals surface area contributed by atoms with Gasteiger partial charge in [-0.2, -0.15) is 0 Å². The molecule has 2 heterocycles. The lowest BCUT2D eigenvalue weighted by Gasteiger charge is -2.10. The van der Waals surface area contributed by atoms with E-state index in [0.29, 0.717) is 17.5 Å². The molecular formula is C44H30N4S. The van der Waals surface area contributed by atoms with E-state index in [1.807, 2.05) is 48.6 Å². The van der Waals surface area contributed by atoms with Gasteiger partial charge in [0.1, 0.15) is 5.01 Å². The average Bonchev–Trinajstić information content (AvgIpc) is 3.62. The first kappa shape index (κ1) is 30.1. The first-order valence-electron chi connectivity index (χ1n) is 16.0. The van der Waals surface area contributed by atoms with Crippen molar-refractivity contribution in [3.8, 4) is 56.4 Å². The second kappa shape index (κ2) is 13.1. The summed E-state index contributed by atoms with van der Waals surface area (Å²) in [6, 6.07) is 48.1. The van der Waals surface area contributed by atoms with Crippen LogP contribution in [0.4, 0.5) is 0 Å². The lowest BCUT2D eigenvalue weighted by molar-refractivity contribution is 1.07. The zero-order chi connectivity index (χ0) is 33.2. The molecule has 0 aliphatic rings. The molecule has 0 aliphatic carbocycles. The van der Waals surface area contributed by atoms with Gasteiger partial charge < -0.3 is 0 Å². The lowest BCUT2D eigenvalue weighted by Crippen LogP contribution is -2.00. The fourth-order valence-corrected chi connectivity index (χ4v) is 6.96. The minimum Gasteiger partial charge on any atom is -0.236 e. The molecule has 0 amide bonds. The number of nitrogens with zero attached hydrogens (tertiary/aromatic N) is 4. The summed E-state index contributed by atoms with van der Waals surface area (Å²) in [4.78, 5) is 19.7. The molecule has 0 spiro atoms. The molecule has 6 aromatic carbocycles. The quantitative estimate of drug-likeness (QED) is 0.154. The van der Waals surface area contributed by atoms with Gasteiger partial charge in [-0.3, -0.25) is 0 Å². The fraction of sp³-hybridized carbons (Fsp3) is 0. The van der Waals surface area contributed by atoms with Crippen LogP contribution < -0.4 is 0 Å². The molecule has 0 unspecified atom stereocenters. The van der Waals surface area contributed by atoms with Crippen LogP contribution in [0.3, 0.4) is 0 Å². The van der Waals surface area contributed by atoms with Crippen molar-refractivity contribution in [1.29, 1.82) is 0 Å². The highest BCUT2D eigenvalue weighted by Crippen LogP contribution is 2.37. The van der Waals surface area contributed by atoms with Crippen LogP contribution in [-0.2, 0) is 0 Å². The third-order valence-corrected chi connectivity index (χ3v) is 9.63. The Morgan fingerprint density at radius 3 is 1.71 bits per heavy atom. The van der Waals surface area contributed by atoms with Crippen molar-refractivity contribution in [3.63, 3.8) is 0 Å². The topological polar surface area (TPSA) is 51.6 Å². The monoisotopic (exact) mass is 646 g/mol. The van der Waals surface area contributed by atoms with Crippen molar-refractivity contribution < 1.29 is 0 Å². The fourth-order valence-electron chi connectivity index (χ4n) is 5.91. The van der Waals surface area contributed by atoms with Gasteiger partial charge in [-0.25, -0.2) is 19.9 Å². The second-order valence-electron chi connectivity index (χ2n) is 11.7. The van der Waals surface area contributed by atoms with E-state index in [9.17, 15) is 0 Å². The van der Waals surface area contributed by atoms with Gasteiger partial charge >= 0.3 is 0 Å². The summed E-state index contributed by atoms with van der Waals surface area (Å²) in [5.74, 6) is 1.91. The number of rotatable bonds is 8. The highest BCUT2D eigenvalue weighted by Gasteiger charge is 2.15. The van der Waals surface area contributed by atoms with Crippen molar-refractivity contribution in [2.45, 2.75) is 0 Å². The molecule has 0 radical (unpaired) electrons. The Hall–Kier alpha value is -6.30. The number of fused-ring (bicyclic) bond motifs is 2. The summed E-state index contributed by atoms with van der Waals surface area (Å²) in [6.07, 6.45) is 5.57. The molecule has 5 heteroatoms. The van der Waals surface area contributed by atoms with E-state index in [1.165, 1.54) is 5.56 Å². The van der Waals surface area contributed by atoms with Gasteiger partial charge in [-0.1, -0.05) is 153 Å². The minimum absolute atomic E-state index is 0.634. The van der Waals surface area contributed by atoms with E-state index in [1.54, 1.807) is 17.4 Å². The van der Waals surface area contributed by atoms with Crippen LogP contribution in [0.25, 0.3) is 83.0 Å². The number of allylic oxidation sites excluding steroid dienone is 4. The molecule has 8 aromatic rings. The number of aromatic nitrogens is 4. The van der Waals surface area contributed by atoms with Gasteiger partial charge in [0.2, 0.25) is 0 Å². The van der Waals surface area contributed by atoms with Crippen molar-refractivity contribution in [2.24, 2.45) is 0 Å². The number of hydrogen-bond donors (Lipinski definition) is 0. The van der Waals surface area contributed by atoms with E-state index in [2.05, 4.69) is 116 Å². The molecule has 0 bridgehead atoms. The zero-order valence-electron chi connectivity index (χ0n) is 26.6. The van der Waals surface area contributed by atoms with Crippen LogP contribution in [0.5, 0.6) is 0 Å². The normalized spacial score (nSPS) is 11.3. The summed E-state index contributed by atoms with van der Waals surface area (Å²) in [7, 11) is 0. The maximum atomic E-state index is 5.00. The molecule has 2 aromatic heterocycles. The lowest BCUT2D eigenvalue weighted by atomic mass is 9.99. The summed E-state index contributed by atoms with van der Waals surface area (Å²) in [5, 5.41) is 3.15. The molecule has 0 saturated heterocycles. The average molecular weight is 647 g/mol. The Balaban J connectivity index is 1.17. The minimum atomic E-state index is 0.634. The molecule has 8 rings (SSSR count). The largest absolute Gasteiger partial charge is 0.236 e. The van der Waals surface area contributed by atoms with Crippen LogP contribution in [0.2, 0.25) is 0 Å². The van der Waals surface area contributed by atoms with Gasteiger partial charge in [0.05, 0.1) is 10.2 Å². The molecule has 0 saturated carbocycles. The Bertz CT molecular complexity index is 2510. The SMILES string of the molecule is C=C/C=C\C(=C)c1nc2cccc(-c3ccc4cc(-c5nc(-c6ccccc6)nc(-c6ccc(-c7ccccc7)cc6)n5)ccc4c3)c2s1. The zero-order valence-corrected chi connectivity index (χ0v) is 27.4. The van der Waals surface area contributed by atoms with Crippen molar-refractivity contribution in [2.75, 3.05) is 0 Å². The summed E-state index contributed by atoms with van der Waals surface area (Å²) in [5.41, 5.74) is 9.27. The molecule has 0 fully saturated rings. The van der Waals surface area contributed by atoms with Crippen LogP contribution >= 0.6 is 11.3 Å². The van der Waals surface area contributed by atoms with Gasteiger partial charge in [0.25, 0.3) is 0 Å². The standard InChI is InChI=1S/C44H30N4S/c1-3-4-12-29(2)44-45-39-18-11-17-38(40(39)49-44)36-25-23-35-28-37(26-24-34(35)27-36)43-47-41(32-15-9-6-10-16-32)46-42(48-43)33-21-19-31(20-22-33)30-13-7-5-8-14-30/h3-28H,1-2H2/b12-4-. The van der Waals surface area contributed by atoms with E-state index >= 15 is 0 Å². The molecule has 4 nitrogen and oxygen atoms in total. The van der Waals surface area contributed by atoms with Gasteiger partial charge in [-0.15, -0.1) is 11.3 Å². The maximum absolute atomic E-state index is 5.00. The molecule has 0 atom stereocenters. The molecule has 0 N–H and O–H groups in total. The van der Waals surface area contributed by atoms with E-state index < -0.39 is 0 Å². The molecular weight excluding hydrogens is 617 g/mol. The Labute approximate surface area is 289 Å². The number of benzene rings is 6. The highest BCUT2D eigenvalue weighted by molar-refractivity contribution is 7.20. The Morgan fingerprint density at radius 2 is 1.04 bits per heavy atom. The predicted octanol–water partition coefficient (Wildman–Crippen LogP) is 11.7. The van der Waals surface area contributed by atoms with Crippen molar-refractivity contribution in [1.82, 2.24) is 19.9 Å². The predicted molar refractivity (Wildman–Crippen MR) is 206 cm³/mol. The summed E-state index contributed by atoms with van der Waals surface area (Å²) < 4.78 is 1.14. The Kier molecular flexibility index (Phi) is 8.02. The Morgan fingerprint density at radius 1 is 0.510 bits per heavy atom. The van der Waals surface area contributed by atoms with Gasteiger partial charge in [0.15, 0.2) is 17.5 Å². The van der Waals surface area contributed by atoms with Crippen LogP contribution in [-0.4, -0.2) is 19.9 Å². The van der Waals surface area contributed by atoms with Crippen LogP contribution in [0, 0.1) is 0 Å². The smallest absolute Gasteiger partial charge is 0.164 e. The summed E-state index contributed by atoms with van der Waals surface area (Å²) >= 11 is 1.66. The van der Waals surface area contributed by atoms with Gasteiger partial charge in [0, 0.05) is 27.8 Å². The maximum Gasteiger partial charge on any atom is 0.164 e. The van der Waals surface area contributed by atoms with Gasteiger partial charge in [-0.05, 0) is 45.7 Å². The first-order valence-corrected chi connectivity index (χ1v) is 16.8. The van der Waals surface area contributed by atoms with Crippen molar-refractivity contribution in [3.05, 3.63) is 176 Å². The number of hydrogen-bond acceptors (Lipinski definition) is 5. The van der Waals surface area contributed by atoms with Crippen LogP contribution in [0.15, 0.2) is 171 Å². The first-order chi connectivity index (χ1) is 24.1. The number of thiazole rings is 1. The van der Waals surface area contributed by atoms with E-state index in [-0.39, 0.29) is 0 Å². The molecule has 0 aliphatic heterocycles. The van der Waals surface area contributed by atoms with E-state index in [4.69, 9.17) is 19.9 Å². The second-order valence-corrected chi connectivity index (χ2v) is 12.7. The molecule has 232 valence electrons. The summed E-state index contributed by atoms with van der Waals surface area (Å²) in [6.45, 7) is 7.95. The van der Waals surface area contributed by atoms with Crippen molar-refractivity contribution >= 4 is 37.9 Å². The third kappa shape index (κ3) is 6.11.